The Morgan fingerprint density at radius 1 is 1.43 bits per heavy atom. The first-order valence-corrected chi connectivity index (χ1v) is 9.12. The van der Waals surface area contributed by atoms with Gasteiger partial charge in [0.2, 0.25) is 0 Å². The van der Waals surface area contributed by atoms with Crippen molar-refractivity contribution in [3.8, 4) is 0 Å². The first-order chi connectivity index (χ1) is 10.9. The smallest absolute Gasteiger partial charge is 0.191 e. The summed E-state index contributed by atoms with van der Waals surface area (Å²) >= 11 is 5.10. The summed E-state index contributed by atoms with van der Waals surface area (Å²) in [5.41, 5.74) is -1.10. The van der Waals surface area contributed by atoms with Crippen LogP contribution in [0.15, 0.2) is 37.5 Å². The molecular formula is C16H22BrN3O2S. The van der Waals surface area contributed by atoms with E-state index in [1.165, 1.54) is 4.88 Å². The van der Waals surface area contributed by atoms with E-state index in [0.29, 0.717) is 24.8 Å². The average Bonchev–Trinajstić information content (AvgIpc) is 3.11. The minimum atomic E-state index is -1.10. The number of guanidine groups is 1. The Morgan fingerprint density at radius 3 is 2.78 bits per heavy atom. The number of halogens is 1. The molecule has 0 amide bonds. The van der Waals surface area contributed by atoms with Crippen LogP contribution in [0.1, 0.15) is 30.2 Å². The van der Waals surface area contributed by atoms with Gasteiger partial charge in [-0.05, 0) is 54.9 Å². The normalized spacial score (nSPS) is 14.6. The van der Waals surface area contributed by atoms with Crippen molar-refractivity contribution in [2.75, 3.05) is 13.1 Å². The molecule has 1 unspecified atom stereocenters. The molecule has 0 aliphatic carbocycles. The van der Waals surface area contributed by atoms with Gasteiger partial charge < -0.3 is 20.2 Å². The molecule has 0 aliphatic rings. The first-order valence-electron chi connectivity index (χ1n) is 7.45. The molecule has 0 aliphatic heterocycles. The molecule has 7 heteroatoms. The van der Waals surface area contributed by atoms with Crippen LogP contribution in [0.4, 0.5) is 0 Å². The van der Waals surface area contributed by atoms with Crippen LogP contribution in [-0.2, 0) is 12.1 Å². The summed E-state index contributed by atoms with van der Waals surface area (Å²) in [5, 5.41) is 18.9. The second-order valence-electron chi connectivity index (χ2n) is 5.46. The molecule has 0 fully saturated rings. The highest BCUT2D eigenvalue weighted by Crippen LogP contribution is 2.22. The summed E-state index contributed by atoms with van der Waals surface area (Å²) in [6.45, 7) is 7.23. The predicted molar refractivity (Wildman–Crippen MR) is 97.9 cm³/mol. The zero-order valence-electron chi connectivity index (χ0n) is 13.5. The fraction of sp³-hybridized carbons (Fsp3) is 0.438. The molecule has 2 aromatic rings. The summed E-state index contributed by atoms with van der Waals surface area (Å²) < 4.78 is 6.59. The van der Waals surface area contributed by atoms with Gasteiger partial charge in [0.15, 0.2) is 5.96 Å². The van der Waals surface area contributed by atoms with Gasteiger partial charge in [0.1, 0.15) is 17.1 Å². The second kappa shape index (κ2) is 7.99. The molecule has 0 bridgehead atoms. The van der Waals surface area contributed by atoms with Crippen LogP contribution in [0.25, 0.3) is 0 Å². The van der Waals surface area contributed by atoms with Crippen molar-refractivity contribution >= 4 is 33.2 Å². The summed E-state index contributed by atoms with van der Waals surface area (Å²) in [5.74, 6) is 1.99. The van der Waals surface area contributed by atoms with Gasteiger partial charge in [0, 0.05) is 21.3 Å². The molecule has 5 nitrogen and oxygen atoms in total. The molecule has 23 heavy (non-hydrogen) atoms. The number of aliphatic hydroxyl groups is 1. The van der Waals surface area contributed by atoms with E-state index in [1.54, 1.807) is 24.3 Å². The van der Waals surface area contributed by atoms with E-state index >= 15 is 0 Å². The molecule has 0 aromatic carbocycles. The van der Waals surface area contributed by atoms with Gasteiger partial charge in [0.25, 0.3) is 0 Å². The standard InChI is InChI=1S/C16H22BrN3O2S/c1-4-18-15(19-8-13-7-12(17)9-23-13)20-10-16(3,21)14-6-5-11(2)22-14/h5-7,9,21H,4,8,10H2,1-3H3,(H2,18,19,20). The molecule has 1 atom stereocenters. The zero-order chi connectivity index (χ0) is 16.9. The van der Waals surface area contributed by atoms with E-state index in [1.807, 2.05) is 25.3 Å². The second-order valence-corrected chi connectivity index (χ2v) is 7.38. The van der Waals surface area contributed by atoms with Gasteiger partial charge in [-0.1, -0.05) is 0 Å². The number of aliphatic imine (C=N–C) groups is 1. The lowest BCUT2D eigenvalue weighted by Crippen LogP contribution is -2.44. The van der Waals surface area contributed by atoms with Crippen molar-refractivity contribution in [1.29, 1.82) is 0 Å². The molecule has 3 N–H and O–H groups in total. The molecule has 2 rings (SSSR count). The van der Waals surface area contributed by atoms with Gasteiger partial charge in [-0.2, -0.15) is 0 Å². The SMILES string of the molecule is CCNC(=NCc1cc(Br)cs1)NCC(C)(O)c1ccc(C)o1. The molecule has 0 saturated heterocycles. The monoisotopic (exact) mass is 399 g/mol. The predicted octanol–water partition coefficient (Wildman–Crippen LogP) is 3.37. The van der Waals surface area contributed by atoms with Gasteiger partial charge in [-0.25, -0.2) is 4.99 Å². The van der Waals surface area contributed by atoms with Gasteiger partial charge >= 0.3 is 0 Å². The number of hydrogen-bond donors (Lipinski definition) is 3. The number of thiophene rings is 1. The summed E-state index contributed by atoms with van der Waals surface area (Å²) in [4.78, 5) is 5.71. The molecule has 2 aromatic heterocycles. The summed E-state index contributed by atoms with van der Waals surface area (Å²) in [6, 6.07) is 5.70. The third-order valence-electron chi connectivity index (χ3n) is 3.23. The van der Waals surface area contributed by atoms with E-state index in [2.05, 4.69) is 37.6 Å². The van der Waals surface area contributed by atoms with Crippen molar-refractivity contribution in [2.45, 2.75) is 32.9 Å². The number of nitrogens with one attached hydrogen (secondary N) is 2. The Hall–Kier alpha value is -1.31. The third kappa shape index (κ3) is 5.37. The zero-order valence-corrected chi connectivity index (χ0v) is 15.9. The average molecular weight is 400 g/mol. The first kappa shape index (κ1) is 18.0. The van der Waals surface area contributed by atoms with Crippen molar-refractivity contribution < 1.29 is 9.52 Å². The molecule has 2 heterocycles. The maximum atomic E-state index is 10.6. The lowest BCUT2D eigenvalue weighted by Gasteiger charge is -2.22. The van der Waals surface area contributed by atoms with Crippen LogP contribution in [0.5, 0.6) is 0 Å². The number of aryl methyl sites for hydroxylation is 1. The van der Waals surface area contributed by atoms with E-state index in [9.17, 15) is 5.11 Å². The molecular weight excluding hydrogens is 378 g/mol. The highest BCUT2D eigenvalue weighted by Gasteiger charge is 2.27. The van der Waals surface area contributed by atoms with E-state index in [0.717, 1.165) is 16.8 Å². The minimum Gasteiger partial charge on any atom is -0.463 e. The maximum absolute atomic E-state index is 10.6. The lowest BCUT2D eigenvalue weighted by molar-refractivity contribution is 0.0378. The lowest BCUT2D eigenvalue weighted by atomic mass is 10.0. The molecule has 0 spiro atoms. The fourth-order valence-electron chi connectivity index (χ4n) is 2.00. The van der Waals surface area contributed by atoms with Crippen LogP contribution < -0.4 is 10.6 Å². The fourth-order valence-corrected chi connectivity index (χ4v) is 3.38. The number of nitrogens with zero attached hydrogens (tertiary/aromatic N) is 1. The number of hydrogen-bond acceptors (Lipinski definition) is 4. The van der Waals surface area contributed by atoms with Crippen molar-refractivity contribution in [3.63, 3.8) is 0 Å². The van der Waals surface area contributed by atoms with Crippen LogP contribution in [0.2, 0.25) is 0 Å². The van der Waals surface area contributed by atoms with Gasteiger partial charge in [-0.3, -0.25) is 0 Å². The molecule has 126 valence electrons. The van der Waals surface area contributed by atoms with Crippen LogP contribution in [-0.4, -0.2) is 24.2 Å². The largest absolute Gasteiger partial charge is 0.463 e. The van der Waals surface area contributed by atoms with Crippen LogP contribution >= 0.6 is 27.3 Å². The topological polar surface area (TPSA) is 69.8 Å². The number of furan rings is 1. The Balaban J connectivity index is 1.98. The molecule has 0 saturated carbocycles. The van der Waals surface area contributed by atoms with Crippen molar-refractivity contribution in [3.05, 3.63) is 44.4 Å². The van der Waals surface area contributed by atoms with E-state index in [4.69, 9.17) is 4.42 Å². The van der Waals surface area contributed by atoms with Crippen molar-refractivity contribution in [1.82, 2.24) is 10.6 Å². The number of rotatable bonds is 6. The van der Waals surface area contributed by atoms with Crippen LogP contribution in [0, 0.1) is 6.92 Å². The van der Waals surface area contributed by atoms with E-state index in [-0.39, 0.29) is 0 Å². The van der Waals surface area contributed by atoms with Crippen LogP contribution in [0.3, 0.4) is 0 Å². The third-order valence-corrected chi connectivity index (χ3v) is 4.91. The minimum absolute atomic E-state index is 0.305. The Bertz CT molecular complexity index is 664. The summed E-state index contributed by atoms with van der Waals surface area (Å²) in [6.07, 6.45) is 0. The summed E-state index contributed by atoms with van der Waals surface area (Å²) in [7, 11) is 0. The molecule has 0 radical (unpaired) electrons. The van der Waals surface area contributed by atoms with Crippen molar-refractivity contribution in [2.24, 2.45) is 4.99 Å². The Morgan fingerprint density at radius 2 is 2.22 bits per heavy atom. The highest BCUT2D eigenvalue weighted by atomic mass is 79.9. The highest BCUT2D eigenvalue weighted by molar-refractivity contribution is 9.10. The Kier molecular flexibility index (Phi) is 6.26. The quantitative estimate of drug-likeness (QED) is 0.514. The maximum Gasteiger partial charge on any atom is 0.191 e. The Labute approximate surface area is 148 Å². The van der Waals surface area contributed by atoms with Gasteiger partial charge in [-0.15, -0.1) is 11.3 Å². The van der Waals surface area contributed by atoms with Gasteiger partial charge in [0.05, 0.1) is 13.1 Å². The van der Waals surface area contributed by atoms with E-state index < -0.39 is 5.60 Å².